The van der Waals surface area contributed by atoms with Crippen molar-refractivity contribution in [1.29, 1.82) is 0 Å². The molecule has 0 bridgehead atoms. The van der Waals surface area contributed by atoms with E-state index < -0.39 is 10.0 Å². The van der Waals surface area contributed by atoms with Gasteiger partial charge in [-0.15, -0.1) is 0 Å². The van der Waals surface area contributed by atoms with Crippen LogP contribution in [0.15, 0.2) is 35.5 Å². The third-order valence-corrected chi connectivity index (χ3v) is 3.72. The van der Waals surface area contributed by atoms with Gasteiger partial charge in [0.1, 0.15) is 4.90 Å². The van der Waals surface area contributed by atoms with Crippen molar-refractivity contribution in [1.82, 2.24) is 10.2 Å². The molecule has 8 heteroatoms. The van der Waals surface area contributed by atoms with Crippen molar-refractivity contribution in [3.63, 3.8) is 0 Å². The quantitative estimate of drug-likeness (QED) is 0.736. The summed E-state index contributed by atoms with van der Waals surface area (Å²) in [7, 11) is -3.64. The highest BCUT2D eigenvalue weighted by Crippen LogP contribution is 2.24. The summed E-state index contributed by atoms with van der Waals surface area (Å²) >= 11 is 5.73. The number of nitrogens with one attached hydrogen (secondary N) is 2. The second kappa shape index (κ2) is 4.27. The van der Waals surface area contributed by atoms with Gasteiger partial charge < -0.3 is 5.73 Å². The first-order valence-electron chi connectivity index (χ1n) is 4.56. The minimum Gasteiger partial charge on any atom is -0.397 e. The molecule has 0 amide bonds. The molecule has 0 aliphatic carbocycles. The maximum absolute atomic E-state index is 11.8. The molecule has 0 unspecified atom stereocenters. The third kappa shape index (κ3) is 2.51. The van der Waals surface area contributed by atoms with Crippen LogP contribution in [0.4, 0.5) is 11.4 Å². The zero-order chi connectivity index (χ0) is 12.5. The number of H-pyrrole nitrogens is 1. The Morgan fingerprint density at radius 3 is 2.76 bits per heavy atom. The highest BCUT2D eigenvalue weighted by Gasteiger charge is 2.15. The van der Waals surface area contributed by atoms with E-state index in [1.165, 1.54) is 30.6 Å². The first kappa shape index (κ1) is 11.7. The highest BCUT2D eigenvalue weighted by atomic mass is 35.5. The maximum atomic E-state index is 11.8. The summed E-state index contributed by atoms with van der Waals surface area (Å²) < 4.78 is 26.0. The molecule has 1 aromatic carbocycles. The summed E-state index contributed by atoms with van der Waals surface area (Å²) in [5, 5.41) is 6.37. The van der Waals surface area contributed by atoms with Gasteiger partial charge in [-0.05, 0) is 18.2 Å². The molecule has 0 saturated carbocycles. The average Bonchev–Trinajstić information content (AvgIpc) is 2.77. The Labute approximate surface area is 103 Å². The van der Waals surface area contributed by atoms with Crippen LogP contribution in [-0.2, 0) is 10.0 Å². The summed E-state index contributed by atoms with van der Waals surface area (Å²) in [6, 6.07) is 4.49. The van der Waals surface area contributed by atoms with Crippen LogP contribution in [0.5, 0.6) is 0 Å². The molecule has 0 aliphatic heterocycles. The molecule has 1 aromatic heterocycles. The monoisotopic (exact) mass is 272 g/mol. The fraction of sp³-hybridized carbons (Fsp3) is 0. The van der Waals surface area contributed by atoms with Gasteiger partial charge in [-0.1, -0.05) is 11.6 Å². The minimum absolute atomic E-state index is 0.0472. The van der Waals surface area contributed by atoms with Crippen molar-refractivity contribution in [3.05, 3.63) is 35.6 Å². The molecule has 4 N–H and O–H groups in total. The van der Waals surface area contributed by atoms with Gasteiger partial charge in [0.05, 0.1) is 22.6 Å². The molecule has 1 heterocycles. The SMILES string of the molecule is Nc1cc(NS(=O)(=O)c2cn[nH]c2)ccc1Cl. The van der Waals surface area contributed by atoms with E-state index in [2.05, 4.69) is 14.9 Å². The summed E-state index contributed by atoms with van der Waals surface area (Å²) in [6.45, 7) is 0. The number of benzene rings is 1. The molecule has 17 heavy (non-hydrogen) atoms. The van der Waals surface area contributed by atoms with Crippen molar-refractivity contribution in [2.24, 2.45) is 0 Å². The lowest BCUT2D eigenvalue weighted by Gasteiger charge is -2.07. The van der Waals surface area contributed by atoms with Crippen molar-refractivity contribution < 1.29 is 8.42 Å². The number of aromatic amines is 1. The Kier molecular flexibility index (Phi) is 2.95. The predicted octanol–water partition coefficient (Wildman–Crippen LogP) is 1.45. The van der Waals surface area contributed by atoms with Crippen molar-refractivity contribution in [2.45, 2.75) is 4.90 Å². The van der Waals surface area contributed by atoms with Crippen molar-refractivity contribution in [3.8, 4) is 0 Å². The molecule has 0 fully saturated rings. The van der Waals surface area contributed by atoms with Crippen LogP contribution in [0.1, 0.15) is 0 Å². The predicted molar refractivity (Wildman–Crippen MR) is 65.3 cm³/mol. The Bertz CT molecular complexity index is 624. The van der Waals surface area contributed by atoms with E-state index in [-0.39, 0.29) is 4.90 Å². The fourth-order valence-electron chi connectivity index (χ4n) is 1.21. The van der Waals surface area contributed by atoms with E-state index in [4.69, 9.17) is 17.3 Å². The summed E-state index contributed by atoms with van der Waals surface area (Å²) in [6.07, 6.45) is 2.49. The van der Waals surface area contributed by atoms with Gasteiger partial charge in [-0.3, -0.25) is 9.82 Å². The van der Waals surface area contributed by atoms with Crippen molar-refractivity contribution >= 4 is 33.0 Å². The molecule has 90 valence electrons. The number of hydrogen-bond donors (Lipinski definition) is 3. The van der Waals surface area contributed by atoms with E-state index >= 15 is 0 Å². The van der Waals surface area contributed by atoms with Crippen LogP contribution in [0.2, 0.25) is 5.02 Å². The molecule has 6 nitrogen and oxygen atoms in total. The standard InChI is InChI=1S/C9H9ClN4O2S/c10-8-2-1-6(3-9(8)11)14-17(15,16)7-4-12-13-5-7/h1-5,14H,11H2,(H,12,13). The molecule has 0 atom stereocenters. The zero-order valence-electron chi connectivity index (χ0n) is 8.51. The number of nitrogens with zero attached hydrogens (tertiary/aromatic N) is 1. The smallest absolute Gasteiger partial charge is 0.265 e. The molecule has 0 saturated heterocycles. The molecule has 0 spiro atoms. The van der Waals surface area contributed by atoms with Crippen LogP contribution in [0.3, 0.4) is 0 Å². The molecule has 0 radical (unpaired) electrons. The first-order chi connectivity index (χ1) is 7.99. The maximum Gasteiger partial charge on any atom is 0.265 e. The first-order valence-corrected chi connectivity index (χ1v) is 6.42. The number of aromatic nitrogens is 2. The van der Waals surface area contributed by atoms with Gasteiger partial charge in [0, 0.05) is 6.20 Å². The van der Waals surface area contributed by atoms with E-state index in [1.54, 1.807) is 0 Å². The number of hydrogen-bond acceptors (Lipinski definition) is 4. The molecule has 0 aliphatic rings. The van der Waals surface area contributed by atoms with Crippen molar-refractivity contribution in [2.75, 3.05) is 10.5 Å². The highest BCUT2D eigenvalue weighted by molar-refractivity contribution is 7.92. The largest absolute Gasteiger partial charge is 0.397 e. The number of sulfonamides is 1. The second-order valence-corrected chi connectivity index (χ2v) is 5.37. The van der Waals surface area contributed by atoms with Crippen LogP contribution >= 0.6 is 11.6 Å². The van der Waals surface area contributed by atoms with Gasteiger partial charge in [0.2, 0.25) is 0 Å². The summed E-state index contributed by atoms with van der Waals surface area (Å²) in [5.41, 5.74) is 6.22. The zero-order valence-corrected chi connectivity index (χ0v) is 10.1. The minimum atomic E-state index is -3.64. The van der Waals surface area contributed by atoms with Crippen LogP contribution in [0.25, 0.3) is 0 Å². The van der Waals surface area contributed by atoms with Crippen LogP contribution < -0.4 is 10.5 Å². The topological polar surface area (TPSA) is 101 Å². The number of anilines is 2. The van der Waals surface area contributed by atoms with Gasteiger partial charge >= 0.3 is 0 Å². The summed E-state index contributed by atoms with van der Waals surface area (Å²) in [5.74, 6) is 0. The Hall–Kier alpha value is -1.73. The number of nitrogens with two attached hydrogens (primary N) is 1. The molecule has 2 rings (SSSR count). The Morgan fingerprint density at radius 2 is 2.18 bits per heavy atom. The number of nitrogen functional groups attached to an aromatic ring is 1. The van der Waals surface area contributed by atoms with Gasteiger partial charge in [0.15, 0.2) is 0 Å². The Balaban J connectivity index is 2.30. The Morgan fingerprint density at radius 1 is 1.41 bits per heavy atom. The third-order valence-electron chi connectivity index (χ3n) is 2.03. The van der Waals surface area contributed by atoms with Crippen LogP contribution in [-0.4, -0.2) is 18.6 Å². The molecular formula is C9H9ClN4O2S. The number of rotatable bonds is 3. The average molecular weight is 273 g/mol. The second-order valence-electron chi connectivity index (χ2n) is 3.28. The summed E-state index contributed by atoms with van der Waals surface area (Å²) in [4.78, 5) is 0.0472. The molecular weight excluding hydrogens is 264 g/mol. The molecule has 2 aromatic rings. The van der Waals surface area contributed by atoms with E-state index in [0.717, 1.165) is 0 Å². The van der Waals surface area contributed by atoms with Gasteiger partial charge in [0.25, 0.3) is 10.0 Å². The number of halogens is 1. The fourth-order valence-corrected chi connectivity index (χ4v) is 2.28. The van der Waals surface area contributed by atoms with E-state index in [0.29, 0.717) is 16.4 Å². The van der Waals surface area contributed by atoms with E-state index in [9.17, 15) is 8.42 Å². The lowest BCUT2D eigenvalue weighted by molar-refractivity contribution is 0.601. The lowest BCUT2D eigenvalue weighted by atomic mass is 10.3. The van der Waals surface area contributed by atoms with E-state index in [1.807, 2.05) is 0 Å². The van der Waals surface area contributed by atoms with Crippen LogP contribution in [0, 0.1) is 0 Å². The van der Waals surface area contributed by atoms with Gasteiger partial charge in [-0.2, -0.15) is 5.10 Å². The lowest BCUT2D eigenvalue weighted by Crippen LogP contribution is -2.12. The normalized spacial score (nSPS) is 11.4. The van der Waals surface area contributed by atoms with Gasteiger partial charge in [-0.25, -0.2) is 8.42 Å².